The summed E-state index contributed by atoms with van der Waals surface area (Å²) in [7, 11) is 0. The number of amides is 1. The first-order chi connectivity index (χ1) is 9.47. The van der Waals surface area contributed by atoms with Crippen LogP contribution in [0.3, 0.4) is 0 Å². The van der Waals surface area contributed by atoms with Crippen LogP contribution in [0.25, 0.3) is 0 Å². The Morgan fingerprint density at radius 2 is 2.25 bits per heavy atom. The molecule has 1 atom stereocenters. The fraction of sp³-hybridized carbons (Fsp3) is 0.417. The molecular formula is C12H12Cl2N2O4. The highest BCUT2D eigenvalue weighted by Gasteiger charge is 2.27. The Labute approximate surface area is 125 Å². The Kier molecular flexibility index (Phi) is 4.80. The largest absolute Gasteiger partial charge is 0.481 e. The summed E-state index contributed by atoms with van der Waals surface area (Å²) in [6, 6.07) is 1.40. The minimum Gasteiger partial charge on any atom is -0.481 e. The molecule has 1 fully saturated rings. The standard InChI is InChI=1S/C12H12Cl2N2O4/c13-9-5-15-10(14)4-8(9)12(19)16-1-2-20-7(6-16)3-11(17)18/h4-5,7H,1-3,6H2,(H,17,18). The van der Waals surface area contributed by atoms with Crippen LogP contribution in [-0.2, 0) is 9.53 Å². The van der Waals surface area contributed by atoms with E-state index in [1.807, 2.05) is 0 Å². The molecule has 1 aliphatic rings. The van der Waals surface area contributed by atoms with Crippen molar-refractivity contribution in [1.29, 1.82) is 0 Å². The van der Waals surface area contributed by atoms with Crippen molar-refractivity contribution in [3.8, 4) is 0 Å². The Hall–Kier alpha value is -1.37. The van der Waals surface area contributed by atoms with Gasteiger partial charge in [-0.25, -0.2) is 4.98 Å². The molecule has 1 saturated heterocycles. The van der Waals surface area contributed by atoms with E-state index in [2.05, 4.69) is 4.98 Å². The molecule has 1 aliphatic heterocycles. The van der Waals surface area contributed by atoms with E-state index in [1.54, 1.807) is 0 Å². The van der Waals surface area contributed by atoms with Gasteiger partial charge in [-0.1, -0.05) is 23.2 Å². The number of aromatic nitrogens is 1. The van der Waals surface area contributed by atoms with Crippen molar-refractivity contribution in [3.05, 3.63) is 28.0 Å². The van der Waals surface area contributed by atoms with Crippen LogP contribution < -0.4 is 0 Å². The van der Waals surface area contributed by atoms with Gasteiger partial charge < -0.3 is 14.7 Å². The Bertz CT molecular complexity index is 538. The maximum atomic E-state index is 12.4. The molecule has 0 radical (unpaired) electrons. The highest BCUT2D eigenvalue weighted by Crippen LogP contribution is 2.21. The predicted octanol–water partition coefficient (Wildman–Crippen LogP) is 1.70. The SMILES string of the molecule is O=C(O)CC1CN(C(=O)c2cc(Cl)ncc2Cl)CCO1. The van der Waals surface area contributed by atoms with Crippen molar-refractivity contribution in [2.24, 2.45) is 0 Å². The predicted molar refractivity (Wildman–Crippen MR) is 72.2 cm³/mol. The number of carboxylic acids is 1. The van der Waals surface area contributed by atoms with E-state index in [9.17, 15) is 9.59 Å². The van der Waals surface area contributed by atoms with Crippen molar-refractivity contribution in [1.82, 2.24) is 9.88 Å². The summed E-state index contributed by atoms with van der Waals surface area (Å²) in [5, 5.41) is 9.14. The lowest BCUT2D eigenvalue weighted by molar-refractivity contribution is -0.141. The highest BCUT2D eigenvalue weighted by molar-refractivity contribution is 6.35. The van der Waals surface area contributed by atoms with Gasteiger partial charge in [0, 0.05) is 19.3 Å². The van der Waals surface area contributed by atoms with Gasteiger partial charge in [0.05, 0.1) is 29.7 Å². The van der Waals surface area contributed by atoms with E-state index in [-0.39, 0.29) is 34.6 Å². The highest BCUT2D eigenvalue weighted by atomic mass is 35.5. The molecule has 2 rings (SSSR count). The second kappa shape index (κ2) is 6.39. The number of halogens is 2. The first-order valence-electron chi connectivity index (χ1n) is 5.91. The van der Waals surface area contributed by atoms with E-state index >= 15 is 0 Å². The smallest absolute Gasteiger partial charge is 0.306 e. The zero-order valence-electron chi connectivity index (χ0n) is 10.4. The molecule has 8 heteroatoms. The van der Waals surface area contributed by atoms with Gasteiger partial charge in [-0.15, -0.1) is 0 Å². The summed E-state index contributed by atoms with van der Waals surface area (Å²) < 4.78 is 5.31. The molecule has 20 heavy (non-hydrogen) atoms. The molecule has 0 aromatic carbocycles. The van der Waals surface area contributed by atoms with Gasteiger partial charge >= 0.3 is 5.97 Å². The average Bonchev–Trinajstić information content (AvgIpc) is 2.40. The lowest BCUT2D eigenvalue weighted by Gasteiger charge is -2.32. The van der Waals surface area contributed by atoms with Gasteiger partial charge in [0.2, 0.25) is 0 Å². The molecule has 6 nitrogen and oxygen atoms in total. The van der Waals surface area contributed by atoms with E-state index in [1.165, 1.54) is 17.2 Å². The Morgan fingerprint density at radius 1 is 1.50 bits per heavy atom. The number of carboxylic acid groups (broad SMARTS) is 1. The van der Waals surface area contributed by atoms with Crippen molar-refractivity contribution in [2.45, 2.75) is 12.5 Å². The van der Waals surface area contributed by atoms with Crippen molar-refractivity contribution in [3.63, 3.8) is 0 Å². The van der Waals surface area contributed by atoms with E-state index < -0.39 is 12.1 Å². The number of carbonyl (C=O) groups excluding carboxylic acids is 1. The van der Waals surface area contributed by atoms with Crippen LogP contribution in [0, 0.1) is 0 Å². The summed E-state index contributed by atoms with van der Waals surface area (Å²) in [6.07, 6.45) is 0.655. The zero-order chi connectivity index (χ0) is 14.7. The number of rotatable bonds is 3. The molecule has 1 unspecified atom stereocenters. The second-order valence-corrected chi connectivity index (χ2v) is 5.12. The van der Waals surface area contributed by atoms with E-state index in [4.69, 9.17) is 33.0 Å². The van der Waals surface area contributed by atoms with Gasteiger partial charge in [0.1, 0.15) is 5.15 Å². The number of hydrogen-bond acceptors (Lipinski definition) is 4. The number of carbonyl (C=O) groups is 2. The summed E-state index contributed by atoms with van der Waals surface area (Å²) in [5.41, 5.74) is 0.252. The molecule has 0 bridgehead atoms. The minimum absolute atomic E-state index is 0.144. The number of aliphatic carboxylic acids is 1. The molecule has 0 spiro atoms. The van der Waals surface area contributed by atoms with E-state index in [0.717, 1.165) is 0 Å². The fourth-order valence-electron chi connectivity index (χ4n) is 1.97. The molecule has 1 amide bonds. The van der Waals surface area contributed by atoms with Gasteiger partial charge in [-0.05, 0) is 6.07 Å². The minimum atomic E-state index is -0.964. The summed E-state index contributed by atoms with van der Waals surface area (Å²) >= 11 is 11.7. The number of morpholine rings is 1. The number of nitrogens with zero attached hydrogens (tertiary/aromatic N) is 2. The van der Waals surface area contributed by atoms with Crippen LogP contribution in [-0.4, -0.2) is 52.7 Å². The van der Waals surface area contributed by atoms with Gasteiger partial charge in [0.25, 0.3) is 5.91 Å². The first-order valence-corrected chi connectivity index (χ1v) is 6.66. The molecule has 0 saturated carbocycles. The number of hydrogen-bond donors (Lipinski definition) is 1. The lowest BCUT2D eigenvalue weighted by atomic mass is 10.1. The van der Waals surface area contributed by atoms with Crippen LogP contribution in [0.1, 0.15) is 16.8 Å². The van der Waals surface area contributed by atoms with Crippen molar-refractivity contribution >= 4 is 35.1 Å². The monoisotopic (exact) mass is 318 g/mol. The molecular weight excluding hydrogens is 307 g/mol. The quantitative estimate of drug-likeness (QED) is 0.858. The maximum Gasteiger partial charge on any atom is 0.306 e. The number of pyridine rings is 1. The molecule has 1 aromatic rings. The van der Waals surface area contributed by atoms with Crippen LogP contribution >= 0.6 is 23.2 Å². The first kappa shape index (κ1) is 15.0. The van der Waals surface area contributed by atoms with Gasteiger partial charge in [0.15, 0.2) is 0 Å². The van der Waals surface area contributed by atoms with Crippen LogP contribution in [0.2, 0.25) is 10.2 Å². The third kappa shape index (κ3) is 3.59. The Morgan fingerprint density at radius 3 is 2.95 bits per heavy atom. The lowest BCUT2D eigenvalue weighted by Crippen LogP contribution is -2.46. The van der Waals surface area contributed by atoms with E-state index in [0.29, 0.717) is 13.2 Å². The van der Waals surface area contributed by atoms with Crippen LogP contribution in [0.15, 0.2) is 12.3 Å². The van der Waals surface area contributed by atoms with Gasteiger partial charge in [-0.2, -0.15) is 0 Å². The average molecular weight is 319 g/mol. The van der Waals surface area contributed by atoms with Gasteiger partial charge in [-0.3, -0.25) is 9.59 Å². The number of ether oxygens (including phenoxy) is 1. The normalized spacial score (nSPS) is 18.9. The summed E-state index contributed by atoms with van der Waals surface area (Å²) in [6.45, 7) is 0.882. The van der Waals surface area contributed by atoms with Crippen molar-refractivity contribution in [2.75, 3.05) is 19.7 Å². The Balaban J connectivity index is 2.12. The summed E-state index contributed by atoms with van der Waals surface area (Å²) in [4.78, 5) is 28.3. The molecule has 2 heterocycles. The molecule has 0 aliphatic carbocycles. The molecule has 108 valence electrons. The third-order valence-corrected chi connectivity index (χ3v) is 3.39. The molecule has 1 aromatic heterocycles. The van der Waals surface area contributed by atoms with Crippen LogP contribution in [0.4, 0.5) is 0 Å². The van der Waals surface area contributed by atoms with Crippen LogP contribution in [0.5, 0.6) is 0 Å². The second-order valence-electron chi connectivity index (χ2n) is 4.33. The maximum absolute atomic E-state index is 12.4. The topological polar surface area (TPSA) is 79.7 Å². The third-order valence-electron chi connectivity index (χ3n) is 2.88. The van der Waals surface area contributed by atoms with Crippen molar-refractivity contribution < 1.29 is 19.4 Å². The molecule has 1 N–H and O–H groups in total. The summed E-state index contributed by atoms with van der Waals surface area (Å²) in [5.74, 6) is -1.27. The zero-order valence-corrected chi connectivity index (χ0v) is 11.9. The fourth-order valence-corrected chi connectivity index (χ4v) is 2.31.